The molecule has 0 bridgehead atoms. The highest BCUT2D eigenvalue weighted by molar-refractivity contribution is 9.09. The van der Waals surface area contributed by atoms with Crippen LogP contribution in [0.15, 0.2) is 18.2 Å². The third-order valence-corrected chi connectivity index (χ3v) is 3.23. The fraction of sp³-hybridized carbons (Fsp3) is 0.333. The van der Waals surface area contributed by atoms with E-state index in [1.165, 1.54) is 12.1 Å². The summed E-state index contributed by atoms with van der Waals surface area (Å²) in [6.45, 7) is 1.74. The van der Waals surface area contributed by atoms with Gasteiger partial charge in [0.2, 0.25) is 0 Å². The molecular weight excluding hydrogens is 280 g/mol. The van der Waals surface area contributed by atoms with Gasteiger partial charge in [0.1, 0.15) is 4.83 Å². The molecule has 0 radical (unpaired) electrons. The van der Waals surface area contributed by atoms with Crippen LogP contribution in [-0.4, -0.2) is 6.18 Å². The second kappa shape index (κ2) is 4.11. The number of benzene rings is 1. The highest BCUT2D eigenvalue weighted by atomic mass is 79.9. The van der Waals surface area contributed by atoms with Crippen LogP contribution in [0.1, 0.15) is 16.0 Å². The first kappa shape index (κ1) is 11.9. The normalized spacial score (nSPS) is 14.1. The molecule has 1 rings (SSSR count). The Kier molecular flexibility index (Phi) is 3.48. The van der Waals surface area contributed by atoms with Crippen molar-refractivity contribution in [1.29, 1.82) is 0 Å². The number of hydrogen-bond donors (Lipinski definition) is 0. The summed E-state index contributed by atoms with van der Waals surface area (Å²) in [7, 11) is 0. The van der Waals surface area contributed by atoms with Crippen LogP contribution in [0.25, 0.3) is 0 Å². The van der Waals surface area contributed by atoms with E-state index in [-0.39, 0.29) is 5.56 Å². The van der Waals surface area contributed by atoms with Gasteiger partial charge in [0.25, 0.3) is 0 Å². The predicted molar refractivity (Wildman–Crippen MR) is 53.9 cm³/mol. The zero-order valence-electron chi connectivity index (χ0n) is 7.20. The number of aryl methyl sites for hydroxylation is 1. The maximum Gasteiger partial charge on any atom is 0.405 e. The SMILES string of the molecule is Cc1ccc([C@H](Br)C(F)(F)F)cc1Cl. The predicted octanol–water partition coefficient (Wildman–Crippen LogP) is 4.65. The average Bonchev–Trinajstić information content (AvgIpc) is 2.07. The lowest BCUT2D eigenvalue weighted by Crippen LogP contribution is -2.15. The van der Waals surface area contributed by atoms with Crippen molar-refractivity contribution in [3.05, 3.63) is 34.3 Å². The minimum Gasteiger partial charge on any atom is -0.169 e. The molecule has 5 heteroatoms. The summed E-state index contributed by atoms with van der Waals surface area (Å²) < 4.78 is 36.8. The summed E-state index contributed by atoms with van der Waals surface area (Å²) in [5.74, 6) is 0. The van der Waals surface area contributed by atoms with Gasteiger partial charge in [0, 0.05) is 5.02 Å². The van der Waals surface area contributed by atoms with Gasteiger partial charge in [0.05, 0.1) is 0 Å². The van der Waals surface area contributed by atoms with Crippen molar-refractivity contribution in [2.75, 3.05) is 0 Å². The third-order valence-electron chi connectivity index (χ3n) is 1.78. The van der Waals surface area contributed by atoms with E-state index < -0.39 is 11.0 Å². The average molecular weight is 288 g/mol. The molecule has 0 unspecified atom stereocenters. The topological polar surface area (TPSA) is 0 Å². The van der Waals surface area contributed by atoms with Gasteiger partial charge in [-0.05, 0) is 24.1 Å². The van der Waals surface area contributed by atoms with Crippen LogP contribution in [0.4, 0.5) is 13.2 Å². The molecule has 14 heavy (non-hydrogen) atoms. The van der Waals surface area contributed by atoms with Crippen LogP contribution in [-0.2, 0) is 0 Å². The van der Waals surface area contributed by atoms with E-state index in [1.807, 2.05) is 0 Å². The summed E-state index contributed by atoms with van der Waals surface area (Å²) >= 11 is 8.30. The molecule has 0 spiro atoms. The van der Waals surface area contributed by atoms with Gasteiger partial charge >= 0.3 is 6.18 Å². The van der Waals surface area contributed by atoms with Crippen molar-refractivity contribution in [3.8, 4) is 0 Å². The van der Waals surface area contributed by atoms with Crippen LogP contribution >= 0.6 is 27.5 Å². The van der Waals surface area contributed by atoms with E-state index >= 15 is 0 Å². The molecule has 0 saturated heterocycles. The van der Waals surface area contributed by atoms with Crippen LogP contribution in [0, 0.1) is 6.92 Å². The van der Waals surface area contributed by atoms with E-state index in [2.05, 4.69) is 15.9 Å². The van der Waals surface area contributed by atoms with Gasteiger partial charge in [-0.1, -0.05) is 39.7 Å². The molecule has 1 aromatic rings. The van der Waals surface area contributed by atoms with Crippen LogP contribution < -0.4 is 0 Å². The molecule has 0 heterocycles. The minimum atomic E-state index is -4.29. The Morgan fingerprint density at radius 2 is 1.93 bits per heavy atom. The molecule has 0 N–H and O–H groups in total. The van der Waals surface area contributed by atoms with Crippen molar-refractivity contribution >= 4 is 27.5 Å². The van der Waals surface area contributed by atoms with Crippen molar-refractivity contribution < 1.29 is 13.2 Å². The third kappa shape index (κ3) is 2.64. The zero-order valence-corrected chi connectivity index (χ0v) is 9.54. The van der Waals surface area contributed by atoms with Crippen molar-refractivity contribution in [2.24, 2.45) is 0 Å². The Bertz CT molecular complexity index is 335. The molecule has 78 valence electrons. The second-order valence-electron chi connectivity index (χ2n) is 2.91. The van der Waals surface area contributed by atoms with E-state index in [9.17, 15) is 13.2 Å². The second-order valence-corrected chi connectivity index (χ2v) is 4.24. The molecule has 1 aromatic carbocycles. The Labute approximate surface area is 93.2 Å². The zero-order chi connectivity index (χ0) is 10.9. The summed E-state index contributed by atoms with van der Waals surface area (Å²) in [4.78, 5) is -1.66. The van der Waals surface area contributed by atoms with Crippen molar-refractivity contribution in [3.63, 3.8) is 0 Å². The van der Waals surface area contributed by atoms with E-state index in [0.717, 1.165) is 5.56 Å². The molecular formula is C9H7BrClF3. The van der Waals surface area contributed by atoms with Crippen LogP contribution in [0.5, 0.6) is 0 Å². The highest BCUT2D eigenvalue weighted by Crippen LogP contribution is 2.40. The Hall–Kier alpha value is -0.220. The molecule has 0 aliphatic carbocycles. The van der Waals surface area contributed by atoms with Gasteiger partial charge in [-0.25, -0.2) is 0 Å². The maximum absolute atomic E-state index is 12.3. The standard InChI is InChI=1S/C9H7BrClF3/c1-5-2-3-6(4-7(5)11)8(10)9(12,13)14/h2-4,8H,1H3/t8-/m0/s1. The highest BCUT2D eigenvalue weighted by Gasteiger charge is 2.38. The lowest BCUT2D eigenvalue weighted by Gasteiger charge is -2.14. The van der Waals surface area contributed by atoms with Gasteiger partial charge in [-0.3, -0.25) is 0 Å². The number of rotatable bonds is 1. The van der Waals surface area contributed by atoms with E-state index in [4.69, 9.17) is 11.6 Å². The van der Waals surface area contributed by atoms with E-state index in [0.29, 0.717) is 5.02 Å². The van der Waals surface area contributed by atoms with Crippen molar-refractivity contribution in [2.45, 2.75) is 17.9 Å². The number of hydrogen-bond acceptors (Lipinski definition) is 0. The largest absolute Gasteiger partial charge is 0.405 e. The molecule has 0 saturated carbocycles. The van der Waals surface area contributed by atoms with Gasteiger partial charge in [-0.2, -0.15) is 13.2 Å². The molecule has 0 aromatic heterocycles. The number of alkyl halides is 4. The first-order valence-electron chi connectivity index (χ1n) is 3.79. The first-order chi connectivity index (χ1) is 6.32. The smallest absolute Gasteiger partial charge is 0.169 e. The Morgan fingerprint density at radius 3 is 2.36 bits per heavy atom. The molecule has 0 nitrogen and oxygen atoms in total. The molecule has 0 fully saturated rings. The molecule has 0 aliphatic rings. The first-order valence-corrected chi connectivity index (χ1v) is 5.08. The summed E-state index contributed by atoms with van der Waals surface area (Å²) in [6.07, 6.45) is -4.29. The number of halogens is 5. The van der Waals surface area contributed by atoms with Crippen LogP contribution in [0.3, 0.4) is 0 Å². The van der Waals surface area contributed by atoms with Crippen LogP contribution in [0.2, 0.25) is 5.02 Å². The van der Waals surface area contributed by atoms with E-state index in [1.54, 1.807) is 13.0 Å². The fourth-order valence-corrected chi connectivity index (χ4v) is 1.43. The summed E-state index contributed by atoms with van der Waals surface area (Å²) in [5.41, 5.74) is 0.880. The van der Waals surface area contributed by atoms with Gasteiger partial charge < -0.3 is 0 Å². The van der Waals surface area contributed by atoms with Crippen molar-refractivity contribution in [1.82, 2.24) is 0 Å². The summed E-state index contributed by atoms with van der Waals surface area (Å²) in [5, 5.41) is 0.344. The maximum atomic E-state index is 12.3. The summed E-state index contributed by atoms with van der Waals surface area (Å²) in [6, 6.07) is 4.30. The lowest BCUT2D eigenvalue weighted by molar-refractivity contribution is -0.128. The molecule has 1 atom stereocenters. The van der Waals surface area contributed by atoms with Gasteiger partial charge in [0.15, 0.2) is 0 Å². The Morgan fingerprint density at radius 1 is 1.36 bits per heavy atom. The Balaban J connectivity index is 3.03. The molecule has 0 aliphatic heterocycles. The minimum absolute atomic E-state index is 0.119. The van der Waals surface area contributed by atoms with Gasteiger partial charge in [-0.15, -0.1) is 0 Å². The monoisotopic (exact) mass is 286 g/mol. The molecule has 0 amide bonds. The lowest BCUT2D eigenvalue weighted by atomic mass is 10.1. The quantitative estimate of drug-likeness (QED) is 0.660. The fourth-order valence-electron chi connectivity index (χ4n) is 0.956.